The highest BCUT2D eigenvalue weighted by Gasteiger charge is 2.02. The molecule has 1 heteroatoms. The Labute approximate surface area is 102 Å². The molecule has 1 heterocycles. The first-order valence-corrected chi connectivity index (χ1v) is 6.61. The van der Waals surface area contributed by atoms with Crippen molar-refractivity contribution < 1.29 is 0 Å². The number of hydrogen-bond acceptors (Lipinski definition) is 1. The van der Waals surface area contributed by atoms with Crippen LogP contribution in [0.25, 0.3) is 0 Å². The molecule has 0 aliphatic heterocycles. The number of aromatic nitrogens is 1. The van der Waals surface area contributed by atoms with Crippen molar-refractivity contribution in [3.63, 3.8) is 0 Å². The topological polar surface area (TPSA) is 12.9 Å². The fourth-order valence-electron chi connectivity index (χ4n) is 1.24. The van der Waals surface area contributed by atoms with E-state index in [4.69, 9.17) is 0 Å². The Balaban J connectivity index is 0. The fourth-order valence-corrected chi connectivity index (χ4v) is 1.24. The first-order chi connectivity index (χ1) is 7.63. The van der Waals surface area contributed by atoms with Gasteiger partial charge in [-0.25, -0.2) is 0 Å². The van der Waals surface area contributed by atoms with Crippen LogP contribution in [0.5, 0.6) is 0 Å². The normalized spacial score (nSPS) is 8.81. The molecule has 1 aromatic rings. The van der Waals surface area contributed by atoms with Gasteiger partial charge >= 0.3 is 0 Å². The van der Waals surface area contributed by atoms with Crippen molar-refractivity contribution >= 4 is 0 Å². The van der Waals surface area contributed by atoms with Crippen LogP contribution in [0.4, 0.5) is 0 Å². The molecule has 0 spiro atoms. The van der Waals surface area contributed by atoms with Gasteiger partial charge in [-0.2, -0.15) is 0 Å². The molecule has 0 aromatic carbocycles. The summed E-state index contributed by atoms with van der Waals surface area (Å²) in [5.74, 6) is 0.537. The van der Waals surface area contributed by atoms with Crippen LogP contribution in [0.15, 0.2) is 12.1 Å². The van der Waals surface area contributed by atoms with Crippen LogP contribution in [-0.4, -0.2) is 4.98 Å². The summed E-state index contributed by atoms with van der Waals surface area (Å²) in [5.41, 5.74) is 3.75. The average molecular weight is 223 g/mol. The quantitative estimate of drug-likeness (QED) is 0.677. The fraction of sp³-hybridized carbons (Fsp3) is 0.667. The lowest BCUT2D eigenvalue weighted by Gasteiger charge is -2.07. The van der Waals surface area contributed by atoms with Gasteiger partial charge < -0.3 is 0 Å². The number of aryl methyl sites for hydroxylation is 2. The number of rotatable bonds is 2. The largest absolute Gasteiger partial charge is 0.258 e. The third kappa shape index (κ3) is 6.60. The molecule has 94 valence electrons. The SMILES string of the molecule is CC.CC.CCc1cc(C)cc(C(C)C)n1. The Hall–Kier alpha value is -0.850. The van der Waals surface area contributed by atoms with Crippen molar-refractivity contribution in [3.8, 4) is 0 Å². The van der Waals surface area contributed by atoms with Crippen LogP contribution in [-0.2, 0) is 6.42 Å². The van der Waals surface area contributed by atoms with Crippen LogP contribution in [0, 0.1) is 6.92 Å². The van der Waals surface area contributed by atoms with E-state index in [2.05, 4.69) is 44.8 Å². The van der Waals surface area contributed by atoms with E-state index in [1.165, 1.54) is 17.0 Å². The Kier molecular flexibility index (Phi) is 11.7. The highest BCUT2D eigenvalue weighted by atomic mass is 14.7. The molecule has 0 fully saturated rings. The summed E-state index contributed by atoms with van der Waals surface area (Å²) in [6, 6.07) is 4.33. The molecule has 0 N–H and O–H groups in total. The van der Waals surface area contributed by atoms with Crippen LogP contribution in [0.3, 0.4) is 0 Å². The summed E-state index contributed by atoms with van der Waals surface area (Å²) in [4.78, 5) is 4.55. The zero-order valence-electron chi connectivity index (χ0n) is 12.4. The van der Waals surface area contributed by atoms with Crippen LogP contribution in [0.1, 0.15) is 71.3 Å². The smallest absolute Gasteiger partial charge is 0.0434 e. The van der Waals surface area contributed by atoms with Gasteiger partial charge in [-0.1, -0.05) is 48.5 Å². The molecule has 16 heavy (non-hydrogen) atoms. The minimum Gasteiger partial charge on any atom is -0.258 e. The van der Waals surface area contributed by atoms with E-state index in [-0.39, 0.29) is 0 Å². The van der Waals surface area contributed by atoms with Gasteiger partial charge in [-0.05, 0) is 37.0 Å². The van der Waals surface area contributed by atoms with Crippen molar-refractivity contribution in [2.75, 3.05) is 0 Å². The highest BCUT2D eigenvalue weighted by molar-refractivity contribution is 5.21. The Morgan fingerprint density at radius 1 is 1.06 bits per heavy atom. The molecular weight excluding hydrogens is 194 g/mol. The first-order valence-electron chi connectivity index (χ1n) is 6.61. The van der Waals surface area contributed by atoms with Crippen LogP contribution < -0.4 is 0 Å². The van der Waals surface area contributed by atoms with Gasteiger partial charge in [0, 0.05) is 11.4 Å². The predicted octanol–water partition coefficient (Wildman–Crippen LogP) is 5.13. The van der Waals surface area contributed by atoms with Crippen molar-refractivity contribution in [1.29, 1.82) is 0 Å². The van der Waals surface area contributed by atoms with E-state index >= 15 is 0 Å². The minimum absolute atomic E-state index is 0.537. The first kappa shape index (κ1) is 17.5. The molecule has 0 saturated heterocycles. The van der Waals surface area contributed by atoms with E-state index in [1.54, 1.807) is 0 Å². The third-order valence-corrected chi connectivity index (χ3v) is 2.00. The Morgan fingerprint density at radius 2 is 1.56 bits per heavy atom. The lowest BCUT2D eigenvalue weighted by Crippen LogP contribution is -1.97. The summed E-state index contributed by atoms with van der Waals surface area (Å²) in [6.07, 6.45) is 1.03. The lowest BCUT2D eigenvalue weighted by molar-refractivity contribution is 0.804. The summed E-state index contributed by atoms with van der Waals surface area (Å²) in [5, 5.41) is 0. The molecule has 0 aliphatic carbocycles. The van der Waals surface area contributed by atoms with E-state index in [1.807, 2.05) is 27.7 Å². The monoisotopic (exact) mass is 223 g/mol. The molecule has 1 rings (SSSR count). The maximum absolute atomic E-state index is 4.55. The summed E-state index contributed by atoms with van der Waals surface area (Å²) < 4.78 is 0. The van der Waals surface area contributed by atoms with Gasteiger partial charge in [0.2, 0.25) is 0 Å². The van der Waals surface area contributed by atoms with Crippen molar-refractivity contribution in [2.45, 2.75) is 67.7 Å². The zero-order chi connectivity index (χ0) is 13.1. The van der Waals surface area contributed by atoms with Crippen LogP contribution >= 0.6 is 0 Å². The van der Waals surface area contributed by atoms with Gasteiger partial charge in [0.15, 0.2) is 0 Å². The van der Waals surface area contributed by atoms with E-state index in [0.29, 0.717) is 5.92 Å². The van der Waals surface area contributed by atoms with Crippen molar-refractivity contribution in [2.24, 2.45) is 0 Å². The summed E-state index contributed by atoms with van der Waals surface area (Å²) >= 11 is 0. The molecule has 1 aromatic heterocycles. The third-order valence-electron chi connectivity index (χ3n) is 2.00. The maximum Gasteiger partial charge on any atom is 0.0434 e. The molecule has 0 bridgehead atoms. The number of hydrogen-bond donors (Lipinski definition) is 0. The molecule has 0 radical (unpaired) electrons. The molecule has 1 nitrogen and oxygen atoms in total. The Morgan fingerprint density at radius 3 is 1.94 bits per heavy atom. The van der Waals surface area contributed by atoms with Crippen molar-refractivity contribution in [1.82, 2.24) is 4.98 Å². The molecule has 0 saturated carbocycles. The minimum atomic E-state index is 0.537. The Bertz CT molecular complexity index is 264. The van der Waals surface area contributed by atoms with Gasteiger partial charge in [-0.15, -0.1) is 0 Å². The van der Waals surface area contributed by atoms with Gasteiger partial charge in [0.05, 0.1) is 0 Å². The van der Waals surface area contributed by atoms with Gasteiger partial charge in [0.1, 0.15) is 0 Å². The second-order valence-corrected chi connectivity index (χ2v) is 3.57. The summed E-state index contributed by atoms with van der Waals surface area (Å²) in [6.45, 7) is 16.6. The lowest BCUT2D eigenvalue weighted by atomic mass is 10.1. The maximum atomic E-state index is 4.55. The van der Waals surface area contributed by atoms with Gasteiger partial charge in [-0.3, -0.25) is 4.98 Å². The van der Waals surface area contributed by atoms with Crippen molar-refractivity contribution in [3.05, 3.63) is 29.1 Å². The zero-order valence-corrected chi connectivity index (χ0v) is 12.4. The molecule has 0 atom stereocenters. The second-order valence-electron chi connectivity index (χ2n) is 3.57. The van der Waals surface area contributed by atoms with E-state index < -0.39 is 0 Å². The molecule has 0 aliphatic rings. The predicted molar refractivity (Wildman–Crippen MR) is 75.1 cm³/mol. The molecule has 0 amide bonds. The molecular formula is C15H29N. The van der Waals surface area contributed by atoms with E-state index in [9.17, 15) is 0 Å². The standard InChI is InChI=1S/C11H17N.2C2H6/c1-5-10-6-9(4)7-11(12-10)8(2)3;2*1-2/h6-8H,5H2,1-4H3;2*1-2H3. The molecule has 0 unspecified atom stereocenters. The van der Waals surface area contributed by atoms with Crippen LogP contribution in [0.2, 0.25) is 0 Å². The van der Waals surface area contributed by atoms with Gasteiger partial charge in [0.25, 0.3) is 0 Å². The average Bonchev–Trinajstić information content (AvgIpc) is 2.33. The second kappa shape index (κ2) is 10.7. The summed E-state index contributed by atoms with van der Waals surface area (Å²) in [7, 11) is 0. The number of pyridine rings is 1. The highest BCUT2D eigenvalue weighted by Crippen LogP contribution is 2.14. The van der Waals surface area contributed by atoms with E-state index in [0.717, 1.165) is 6.42 Å². The number of nitrogens with zero attached hydrogens (tertiary/aromatic N) is 1.